The summed E-state index contributed by atoms with van der Waals surface area (Å²) >= 11 is 3.48. The van der Waals surface area contributed by atoms with Crippen molar-refractivity contribution in [2.24, 2.45) is 5.92 Å². The van der Waals surface area contributed by atoms with E-state index in [2.05, 4.69) is 50.0 Å². The van der Waals surface area contributed by atoms with Gasteiger partial charge in [0.2, 0.25) is 5.52 Å². The van der Waals surface area contributed by atoms with Crippen molar-refractivity contribution in [3.8, 4) is 0 Å². The molecule has 2 atom stereocenters. The Morgan fingerprint density at radius 2 is 2.09 bits per heavy atom. The van der Waals surface area contributed by atoms with Gasteiger partial charge in [-0.15, -0.1) is 6.58 Å². The largest absolute Gasteiger partial charge is 0.293 e. The molecule has 1 fully saturated rings. The van der Waals surface area contributed by atoms with Crippen LogP contribution >= 0.6 is 15.9 Å². The van der Waals surface area contributed by atoms with E-state index in [1.807, 2.05) is 42.7 Å². The van der Waals surface area contributed by atoms with E-state index in [1.54, 1.807) is 0 Å². The molecule has 3 heteroatoms. The van der Waals surface area contributed by atoms with Crippen molar-refractivity contribution in [2.75, 3.05) is 13.1 Å². The Kier molecular flexibility index (Phi) is 5.63. The zero-order valence-electron chi connectivity index (χ0n) is 13.4. The van der Waals surface area contributed by atoms with Crippen LogP contribution in [0.15, 0.2) is 72.0 Å². The van der Waals surface area contributed by atoms with E-state index in [-0.39, 0.29) is 0 Å². The van der Waals surface area contributed by atoms with Crippen LogP contribution in [0.25, 0.3) is 5.52 Å². The van der Waals surface area contributed by atoms with Crippen LogP contribution in [0.5, 0.6) is 0 Å². The van der Waals surface area contributed by atoms with Gasteiger partial charge in [0.05, 0.1) is 4.47 Å². The van der Waals surface area contributed by atoms with Crippen LogP contribution in [0.1, 0.15) is 19.3 Å². The quantitative estimate of drug-likeness (QED) is 0.560. The van der Waals surface area contributed by atoms with E-state index in [0.717, 1.165) is 23.0 Å². The molecule has 0 aromatic carbocycles. The molecule has 0 N–H and O–H groups in total. The molecule has 0 radical (unpaired) electrons. The first-order valence-corrected chi connectivity index (χ1v) is 9.15. The summed E-state index contributed by atoms with van der Waals surface area (Å²) in [6.07, 6.45) is 14.9. The second-order valence-electron chi connectivity index (χ2n) is 6.18. The fraction of sp³-hybridized carbons (Fsp3) is 0.350. The Morgan fingerprint density at radius 3 is 2.91 bits per heavy atom. The highest BCUT2D eigenvalue weighted by molar-refractivity contribution is 9.10. The molecule has 1 saturated heterocycles. The third-order valence-electron chi connectivity index (χ3n) is 4.72. The van der Waals surface area contributed by atoms with E-state index >= 15 is 0 Å². The Balaban J connectivity index is 0.000000136. The third kappa shape index (κ3) is 3.91. The zero-order chi connectivity index (χ0) is 16.1. The minimum atomic E-state index is 0.733. The highest BCUT2D eigenvalue weighted by Gasteiger charge is 2.32. The summed E-state index contributed by atoms with van der Waals surface area (Å²) < 4.78 is 3.20. The molecular weight excluding hydrogens is 348 g/mol. The monoisotopic (exact) mass is 371 g/mol. The molecule has 2 aliphatic rings. The van der Waals surface area contributed by atoms with E-state index in [9.17, 15) is 0 Å². The number of likely N-dealkylation sites (tertiary alicyclic amines) is 1. The molecule has 0 bridgehead atoms. The Labute approximate surface area is 147 Å². The standard InChI is InChI=1S/C11H17N.C9H7BrN/c1-2-8-12-9-7-10-5-3-4-6-11(10)12;10-8-4-3-7-11-6-2-1-5-9(8)11/h2,4,6,10-11H,1,3,5,7-9H2;1-7H/q;+1. The minimum absolute atomic E-state index is 0.733. The van der Waals surface area contributed by atoms with Gasteiger partial charge in [0, 0.05) is 30.8 Å². The van der Waals surface area contributed by atoms with Crippen molar-refractivity contribution >= 4 is 21.4 Å². The van der Waals surface area contributed by atoms with Gasteiger partial charge in [-0.1, -0.05) is 18.2 Å². The summed E-state index contributed by atoms with van der Waals surface area (Å²) in [5.74, 6) is 0.940. The predicted molar refractivity (Wildman–Crippen MR) is 99.3 cm³/mol. The van der Waals surface area contributed by atoms with Gasteiger partial charge >= 0.3 is 0 Å². The first kappa shape index (κ1) is 16.4. The highest BCUT2D eigenvalue weighted by Crippen LogP contribution is 2.32. The van der Waals surface area contributed by atoms with E-state index in [1.165, 1.54) is 31.3 Å². The number of hydrogen-bond donors (Lipinski definition) is 0. The van der Waals surface area contributed by atoms with Gasteiger partial charge in [-0.2, -0.15) is 4.40 Å². The number of halogens is 1. The first-order chi connectivity index (χ1) is 11.3. The predicted octanol–water partition coefficient (Wildman–Crippen LogP) is 4.40. The number of pyridine rings is 2. The maximum Gasteiger partial charge on any atom is 0.224 e. The molecule has 2 aromatic rings. The number of allylic oxidation sites excluding steroid dienone is 1. The summed E-state index contributed by atoms with van der Waals surface area (Å²) in [6, 6.07) is 10.9. The lowest BCUT2D eigenvalue weighted by Gasteiger charge is -2.26. The van der Waals surface area contributed by atoms with Gasteiger partial charge in [-0.05, 0) is 59.8 Å². The summed E-state index contributed by atoms with van der Waals surface area (Å²) in [5.41, 5.74) is 1.19. The minimum Gasteiger partial charge on any atom is -0.293 e. The molecule has 2 nitrogen and oxygen atoms in total. The fourth-order valence-electron chi connectivity index (χ4n) is 3.56. The van der Waals surface area contributed by atoms with Crippen LogP contribution in [0.3, 0.4) is 0 Å². The van der Waals surface area contributed by atoms with Crippen molar-refractivity contribution in [1.29, 1.82) is 0 Å². The SMILES string of the molecule is Brc1ccc[n+]2ccccc12.C=CCN1CCC2CCC=CC21. The molecule has 2 unspecified atom stereocenters. The third-order valence-corrected chi connectivity index (χ3v) is 5.39. The van der Waals surface area contributed by atoms with Crippen LogP contribution in [-0.4, -0.2) is 24.0 Å². The van der Waals surface area contributed by atoms with Crippen molar-refractivity contribution in [3.05, 3.63) is 72.0 Å². The normalized spacial score (nSPS) is 23.2. The van der Waals surface area contributed by atoms with Gasteiger partial charge < -0.3 is 0 Å². The summed E-state index contributed by atoms with van der Waals surface area (Å²) in [5, 5.41) is 0. The van der Waals surface area contributed by atoms with Crippen LogP contribution in [0.4, 0.5) is 0 Å². The molecule has 0 amide bonds. The van der Waals surface area contributed by atoms with Gasteiger partial charge in [0.15, 0.2) is 12.4 Å². The summed E-state index contributed by atoms with van der Waals surface area (Å²) in [4.78, 5) is 2.54. The van der Waals surface area contributed by atoms with E-state index < -0.39 is 0 Å². The summed E-state index contributed by atoms with van der Waals surface area (Å²) in [6.45, 7) is 6.13. The van der Waals surface area contributed by atoms with E-state index in [0.29, 0.717) is 0 Å². The van der Waals surface area contributed by atoms with Gasteiger partial charge in [-0.3, -0.25) is 4.90 Å². The second kappa shape index (κ2) is 7.89. The average Bonchev–Trinajstić information content (AvgIpc) is 3.00. The van der Waals surface area contributed by atoms with Crippen molar-refractivity contribution in [1.82, 2.24) is 4.90 Å². The zero-order valence-corrected chi connectivity index (χ0v) is 15.0. The molecule has 0 saturated carbocycles. The lowest BCUT2D eigenvalue weighted by Crippen LogP contribution is -2.32. The topological polar surface area (TPSA) is 7.34 Å². The fourth-order valence-corrected chi connectivity index (χ4v) is 4.05. The Hall–Kier alpha value is -1.45. The van der Waals surface area contributed by atoms with Crippen molar-refractivity contribution in [3.63, 3.8) is 0 Å². The van der Waals surface area contributed by atoms with Crippen LogP contribution < -0.4 is 4.40 Å². The lowest BCUT2D eigenvalue weighted by molar-refractivity contribution is -0.512. The number of rotatable bonds is 2. The number of fused-ring (bicyclic) bond motifs is 2. The molecule has 4 rings (SSSR count). The lowest BCUT2D eigenvalue weighted by atomic mass is 9.90. The molecule has 0 spiro atoms. The molecular formula is C20H24BrN2+. The number of aromatic nitrogens is 1. The first-order valence-electron chi connectivity index (χ1n) is 8.35. The van der Waals surface area contributed by atoms with Crippen LogP contribution in [0.2, 0.25) is 0 Å². The van der Waals surface area contributed by atoms with Crippen molar-refractivity contribution < 1.29 is 4.40 Å². The van der Waals surface area contributed by atoms with Gasteiger partial charge in [0.25, 0.3) is 0 Å². The molecule has 2 aromatic heterocycles. The maximum atomic E-state index is 3.80. The van der Waals surface area contributed by atoms with Crippen molar-refractivity contribution in [2.45, 2.75) is 25.3 Å². The Bertz CT molecular complexity index is 690. The average molecular weight is 372 g/mol. The number of nitrogens with zero attached hydrogens (tertiary/aromatic N) is 2. The smallest absolute Gasteiger partial charge is 0.224 e. The number of hydrogen-bond acceptors (Lipinski definition) is 1. The molecule has 23 heavy (non-hydrogen) atoms. The highest BCUT2D eigenvalue weighted by atomic mass is 79.9. The van der Waals surface area contributed by atoms with E-state index in [4.69, 9.17) is 0 Å². The van der Waals surface area contributed by atoms with Gasteiger partial charge in [0.1, 0.15) is 0 Å². The Morgan fingerprint density at radius 1 is 1.22 bits per heavy atom. The summed E-state index contributed by atoms with van der Waals surface area (Å²) in [7, 11) is 0. The second-order valence-corrected chi connectivity index (χ2v) is 7.03. The molecule has 120 valence electrons. The van der Waals surface area contributed by atoms with Crippen LogP contribution in [0, 0.1) is 5.92 Å². The molecule has 1 aliphatic carbocycles. The van der Waals surface area contributed by atoms with Gasteiger partial charge in [-0.25, -0.2) is 0 Å². The molecule has 1 aliphatic heterocycles. The molecule has 3 heterocycles. The van der Waals surface area contributed by atoms with Crippen LogP contribution in [-0.2, 0) is 0 Å². The maximum absolute atomic E-state index is 3.80.